The fourth-order valence-electron chi connectivity index (χ4n) is 2.31. The quantitative estimate of drug-likeness (QED) is 0.784. The van der Waals surface area contributed by atoms with Gasteiger partial charge in [-0.2, -0.15) is 5.10 Å². The number of aryl methyl sites for hydroxylation is 2. The minimum Gasteiger partial charge on any atom is -0.399 e. The molecule has 0 saturated carbocycles. The summed E-state index contributed by atoms with van der Waals surface area (Å²) in [6, 6.07) is 0. The third-order valence-electron chi connectivity index (χ3n) is 4.22. The number of rotatable bonds is 3. The van der Waals surface area contributed by atoms with Crippen molar-refractivity contribution in [3.63, 3.8) is 0 Å². The number of halogens is 1. The molecule has 1 saturated heterocycles. The molecule has 1 aromatic rings. The second-order valence-corrected chi connectivity index (χ2v) is 6.08. The van der Waals surface area contributed by atoms with Gasteiger partial charge in [-0.3, -0.25) is 4.68 Å². The highest BCUT2D eigenvalue weighted by atomic mass is 19.1. The molecular weight excluding hydrogens is 246 g/mol. The molecule has 0 unspecified atom stereocenters. The number of aromatic nitrogens is 2. The molecule has 6 heteroatoms. The van der Waals surface area contributed by atoms with Crippen molar-refractivity contribution < 1.29 is 13.7 Å². The first kappa shape index (κ1) is 14.5. The van der Waals surface area contributed by atoms with E-state index in [9.17, 15) is 4.39 Å². The van der Waals surface area contributed by atoms with Crippen LogP contribution in [0.3, 0.4) is 0 Å². The summed E-state index contributed by atoms with van der Waals surface area (Å²) in [6.45, 7) is 11.7. The molecule has 1 aliphatic rings. The van der Waals surface area contributed by atoms with E-state index in [0.29, 0.717) is 0 Å². The van der Waals surface area contributed by atoms with E-state index in [0.717, 1.165) is 16.9 Å². The molecule has 19 heavy (non-hydrogen) atoms. The lowest BCUT2D eigenvalue weighted by Crippen LogP contribution is -2.41. The summed E-state index contributed by atoms with van der Waals surface area (Å²) >= 11 is 0. The Morgan fingerprint density at radius 3 is 2.16 bits per heavy atom. The van der Waals surface area contributed by atoms with Crippen molar-refractivity contribution in [2.75, 3.05) is 6.67 Å². The third-order valence-corrected chi connectivity index (χ3v) is 4.22. The first-order valence-corrected chi connectivity index (χ1v) is 6.65. The maximum Gasteiger partial charge on any atom is 0.498 e. The molecule has 0 spiro atoms. The molecule has 0 amide bonds. The molecule has 2 heterocycles. The maximum atomic E-state index is 12.5. The van der Waals surface area contributed by atoms with Crippen LogP contribution in [0.4, 0.5) is 4.39 Å². The van der Waals surface area contributed by atoms with Crippen molar-refractivity contribution in [2.45, 2.75) is 59.3 Å². The summed E-state index contributed by atoms with van der Waals surface area (Å²) in [5, 5.41) is 4.36. The predicted octanol–water partition coefficient (Wildman–Crippen LogP) is 1.77. The summed E-state index contributed by atoms with van der Waals surface area (Å²) in [7, 11) is -0.432. The Kier molecular flexibility index (Phi) is 3.52. The summed E-state index contributed by atoms with van der Waals surface area (Å²) in [4.78, 5) is 0. The van der Waals surface area contributed by atoms with Crippen molar-refractivity contribution in [3.05, 3.63) is 11.4 Å². The van der Waals surface area contributed by atoms with Crippen LogP contribution in [0.25, 0.3) is 0 Å². The van der Waals surface area contributed by atoms with Crippen LogP contribution in [0.1, 0.15) is 39.1 Å². The lowest BCUT2D eigenvalue weighted by molar-refractivity contribution is 0.00578. The lowest BCUT2D eigenvalue weighted by Gasteiger charge is -2.32. The van der Waals surface area contributed by atoms with E-state index < -0.39 is 13.8 Å². The molecule has 2 rings (SSSR count). The number of hydrogen-bond acceptors (Lipinski definition) is 3. The summed E-state index contributed by atoms with van der Waals surface area (Å²) in [5.41, 5.74) is 1.92. The largest absolute Gasteiger partial charge is 0.498 e. The van der Waals surface area contributed by atoms with Crippen molar-refractivity contribution in [3.8, 4) is 0 Å². The highest BCUT2D eigenvalue weighted by Crippen LogP contribution is 2.36. The van der Waals surface area contributed by atoms with Gasteiger partial charge in [0.1, 0.15) is 6.67 Å². The van der Waals surface area contributed by atoms with Gasteiger partial charge in [0.2, 0.25) is 0 Å². The number of alkyl halides is 1. The standard InChI is InChI=1S/C13H22BFN2O2/c1-9-11(10(2)17(16-9)8-7-15)14-18-12(3,4)13(5,6)19-14/h7-8H2,1-6H3. The summed E-state index contributed by atoms with van der Waals surface area (Å²) in [5.74, 6) is 0. The Bertz CT molecular complexity index is 469. The molecule has 0 bridgehead atoms. The predicted molar refractivity (Wildman–Crippen MR) is 73.4 cm³/mol. The van der Waals surface area contributed by atoms with Gasteiger partial charge in [0, 0.05) is 11.2 Å². The van der Waals surface area contributed by atoms with Gasteiger partial charge in [0.05, 0.1) is 23.4 Å². The molecule has 106 valence electrons. The minimum atomic E-state index is -0.432. The third kappa shape index (κ3) is 2.32. The van der Waals surface area contributed by atoms with E-state index in [4.69, 9.17) is 9.31 Å². The van der Waals surface area contributed by atoms with E-state index >= 15 is 0 Å². The smallest absolute Gasteiger partial charge is 0.399 e. The molecule has 0 aromatic carbocycles. The average Bonchev–Trinajstić information content (AvgIpc) is 2.63. The second kappa shape index (κ2) is 4.60. The Balaban J connectivity index is 2.34. The van der Waals surface area contributed by atoms with Crippen LogP contribution in [-0.4, -0.2) is 34.8 Å². The molecule has 4 nitrogen and oxygen atoms in total. The zero-order valence-corrected chi connectivity index (χ0v) is 12.6. The summed E-state index contributed by atoms with van der Waals surface area (Å²) in [6.07, 6.45) is 0. The van der Waals surface area contributed by atoms with E-state index in [1.54, 1.807) is 4.68 Å². The van der Waals surface area contributed by atoms with Crippen molar-refractivity contribution in [2.24, 2.45) is 0 Å². The maximum absolute atomic E-state index is 12.5. The molecule has 0 radical (unpaired) electrons. The zero-order chi connectivity index (χ0) is 14.4. The Morgan fingerprint density at radius 1 is 1.16 bits per heavy atom. The molecule has 0 atom stereocenters. The van der Waals surface area contributed by atoms with Crippen LogP contribution in [0.2, 0.25) is 0 Å². The highest BCUT2D eigenvalue weighted by Gasteiger charge is 2.53. The van der Waals surface area contributed by atoms with Crippen LogP contribution in [0.15, 0.2) is 0 Å². The van der Waals surface area contributed by atoms with Crippen molar-refractivity contribution >= 4 is 12.6 Å². The van der Waals surface area contributed by atoms with Crippen LogP contribution >= 0.6 is 0 Å². The van der Waals surface area contributed by atoms with Crippen LogP contribution in [0.5, 0.6) is 0 Å². The van der Waals surface area contributed by atoms with E-state index in [1.165, 1.54) is 0 Å². The van der Waals surface area contributed by atoms with Gasteiger partial charge in [-0.05, 0) is 41.5 Å². The van der Waals surface area contributed by atoms with E-state index in [2.05, 4.69) is 5.10 Å². The Hall–Kier alpha value is -0.875. The molecule has 0 N–H and O–H groups in total. The number of hydrogen-bond donors (Lipinski definition) is 0. The van der Waals surface area contributed by atoms with E-state index in [1.807, 2.05) is 41.5 Å². The lowest BCUT2D eigenvalue weighted by atomic mass is 9.77. The van der Waals surface area contributed by atoms with Crippen molar-refractivity contribution in [1.29, 1.82) is 0 Å². The SMILES string of the molecule is Cc1nn(CCF)c(C)c1B1OC(C)(C)C(C)(C)O1. The van der Waals surface area contributed by atoms with Crippen LogP contribution in [-0.2, 0) is 15.9 Å². The molecular formula is C13H22BFN2O2. The number of nitrogens with zero attached hydrogens (tertiary/aromatic N) is 2. The van der Waals surface area contributed by atoms with Gasteiger partial charge in [-0.1, -0.05) is 0 Å². The van der Waals surface area contributed by atoms with Gasteiger partial charge in [0.25, 0.3) is 0 Å². The monoisotopic (exact) mass is 268 g/mol. The Morgan fingerprint density at radius 2 is 1.68 bits per heavy atom. The molecule has 1 aliphatic heterocycles. The fraction of sp³-hybridized carbons (Fsp3) is 0.769. The average molecular weight is 268 g/mol. The van der Waals surface area contributed by atoms with Gasteiger partial charge in [-0.25, -0.2) is 4.39 Å². The minimum absolute atomic E-state index is 0.270. The molecule has 0 aliphatic carbocycles. The topological polar surface area (TPSA) is 36.3 Å². The van der Waals surface area contributed by atoms with Gasteiger partial charge < -0.3 is 9.31 Å². The second-order valence-electron chi connectivity index (χ2n) is 6.08. The highest BCUT2D eigenvalue weighted by molar-refractivity contribution is 6.63. The van der Waals surface area contributed by atoms with Crippen LogP contribution in [0, 0.1) is 13.8 Å². The zero-order valence-electron chi connectivity index (χ0n) is 12.6. The van der Waals surface area contributed by atoms with Gasteiger partial charge >= 0.3 is 7.12 Å². The van der Waals surface area contributed by atoms with Crippen LogP contribution < -0.4 is 5.46 Å². The van der Waals surface area contributed by atoms with Gasteiger partial charge in [-0.15, -0.1) is 0 Å². The Labute approximate surface area is 114 Å². The van der Waals surface area contributed by atoms with E-state index in [-0.39, 0.29) is 17.7 Å². The van der Waals surface area contributed by atoms with Crippen molar-refractivity contribution in [1.82, 2.24) is 9.78 Å². The van der Waals surface area contributed by atoms with Gasteiger partial charge in [0.15, 0.2) is 0 Å². The normalized spacial score (nSPS) is 21.1. The fourth-order valence-corrected chi connectivity index (χ4v) is 2.31. The first-order chi connectivity index (χ1) is 8.69. The molecule has 1 fully saturated rings. The first-order valence-electron chi connectivity index (χ1n) is 6.65. The molecule has 1 aromatic heterocycles. The summed E-state index contributed by atoms with van der Waals surface area (Å²) < 4.78 is 26.2.